The summed E-state index contributed by atoms with van der Waals surface area (Å²) < 4.78 is 11.8. The molecule has 0 radical (unpaired) electrons. The standard InChI is InChI=1S/C27H30N2O4/c1-18(2)11-14-29-15-12-20-9-10-22(17-23(20)25(29)27(30)31)32-16-13-24-19(3)33-26(28-24)21-7-5-4-6-8-21/h4-11,17,25H,12-16H2,1-3H3,(H,30,31). The summed E-state index contributed by atoms with van der Waals surface area (Å²) in [6.45, 7) is 7.74. The van der Waals surface area contributed by atoms with E-state index in [1.54, 1.807) is 0 Å². The first-order chi connectivity index (χ1) is 15.9. The van der Waals surface area contributed by atoms with Crippen LogP contribution in [0, 0.1) is 6.92 Å². The lowest BCUT2D eigenvalue weighted by Gasteiger charge is -2.34. The van der Waals surface area contributed by atoms with Crippen molar-refractivity contribution >= 4 is 5.97 Å². The molecule has 0 aliphatic carbocycles. The Balaban J connectivity index is 1.45. The summed E-state index contributed by atoms with van der Waals surface area (Å²) in [5.74, 6) is 1.23. The van der Waals surface area contributed by atoms with Gasteiger partial charge in [-0.05, 0) is 62.6 Å². The number of aromatic nitrogens is 1. The first-order valence-electron chi connectivity index (χ1n) is 11.3. The third kappa shape index (κ3) is 5.34. The van der Waals surface area contributed by atoms with Crippen LogP contribution in [0.4, 0.5) is 0 Å². The van der Waals surface area contributed by atoms with Gasteiger partial charge < -0.3 is 14.3 Å². The Morgan fingerprint density at radius 2 is 2.03 bits per heavy atom. The minimum atomic E-state index is -0.832. The summed E-state index contributed by atoms with van der Waals surface area (Å²) in [7, 11) is 0. The zero-order valence-corrected chi connectivity index (χ0v) is 19.4. The van der Waals surface area contributed by atoms with Gasteiger partial charge in [-0.2, -0.15) is 0 Å². The van der Waals surface area contributed by atoms with Crippen molar-refractivity contribution in [3.63, 3.8) is 0 Å². The summed E-state index contributed by atoms with van der Waals surface area (Å²) in [5.41, 5.74) is 4.88. The second kappa shape index (κ2) is 10.0. The fraction of sp³-hybridized carbons (Fsp3) is 0.333. The van der Waals surface area contributed by atoms with E-state index in [1.807, 2.05) is 74.2 Å². The van der Waals surface area contributed by atoms with E-state index in [0.717, 1.165) is 41.1 Å². The van der Waals surface area contributed by atoms with Gasteiger partial charge in [0, 0.05) is 25.1 Å². The van der Waals surface area contributed by atoms with Crippen LogP contribution in [0.5, 0.6) is 5.75 Å². The molecule has 2 heterocycles. The number of allylic oxidation sites excluding steroid dienone is 1. The zero-order chi connectivity index (χ0) is 23.4. The molecule has 1 unspecified atom stereocenters. The third-order valence-electron chi connectivity index (χ3n) is 5.93. The van der Waals surface area contributed by atoms with Crippen LogP contribution in [0.25, 0.3) is 11.5 Å². The summed E-state index contributed by atoms with van der Waals surface area (Å²) in [5, 5.41) is 9.94. The van der Waals surface area contributed by atoms with Crippen molar-refractivity contribution < 1.29 is 19.1 Å². The number of hydrogen-bond donors (Lipinski definition) is 1. The van der Waals surface area contributed by atoms with Crippen LogP contribution in [-0.4, -0.2) is 40.7 Å². The molecule has 172 valence electrons. The molecule has 6 heteroatoms. The summed E-state index contributed by atoms with van der Waals surface area (Å²) in [6, 6.07) is 15.0. The number of nitrogens with zero attached hydrogens (tertiary/aromatic N) is 2. The number of aryl methyl sites for hydroxylation is 1. The Labute approximate surface area is 194 Å². The molecule has 1 aliphatic rings. The van der Waals surface area contributed by atoms with Crippen LogP contribution in [0.15, 0.2) is 64.6 Å². The van der Waals surface area contributed by atoms with Gasteiger partial charge in [-0.1, -0.05) is 35.9 Å². The maximum atomic E-state index is 12.1. The molecule has 6 nitrogen and oxygen atoms in total. The van der Waals surface area contributed by atoms with Crippen LogP contribution in [-0.2, 0) is 17.6 Å². The number of aliphatic carboxylic acids is 1. The molecule has 33 heavy (non-hydrogen) atoms. The SMILES string of the molecule is CC(C)=CCN1CCc2ccc(OCCc3nc(-c4ccccc4)oc3C)cc2C1C(=O)O. The summed E-state index contributed by atoms with van der Waals surface area (Å²) in [6.07, 6.45) is 3.51. The van der Waals surface area contributed by atoms with Crippen molar-refractivity contribution in [1.29, 1.82) is 0 Å². The molecule has 0 amide bonds. The predicted molar refractivity (Wildman–Crippen MR) is 127 cm³/mol. The first-order valence-corrected chi connectivity index (χ1v) is 11.3. The third-order valence-corrected chi connectivity index (χ3v) is 5.93. The lowest BCUT2D eigenvalue weighted by Crippen LogP contribution is -2.39. The second-order valence-corrected chi connectivity index (χ2v) is 8.61. The van der Waals surface area contributed by atoms with Gasteiger partial charge in [0.25, 0.3) is 0 Å². The Morgan fingerprint density at radius 1 is 1.24 bits per heavy atom. The van der Waals surface area contributed by atoms with Crippen molar-refractivity contribution in [3.05, 3.63) is 82.8 Å². The molecule has 1 aliphatic heterocycles. The van der Waals surface area contributed by atoms with E-state index >= 15 is 0 Å². The Morgan fingerprint density at radius 3 is 2.76 bits per heavy atom. The molecule has 1 aromatic heterocycles. The van der Waals surface area contributed by atoms with E-state index in [4.69, 9.17) is 9.15 Å². The monoisotopic (exact) mass is 446 g/mol. The highest BCUT2D eigenvalue weighted by Crippen LogP contribution is 2.33. The predicted octanol–water partition coefficient (Wildman–Crippen LogP) is 5.22. The lowest BCUT2D eigenvalue weighted by molar-refractivity contribution is -0.143. The van der Waals surface area contributed by atoms with Crippen LogP contribution in [0.1, 0.15) is 42.5 Å². The molecule has 2 aromatic carbocycles. The smallest absolute Gasteiger partial charge is 0.325 e. The highest BCUT2D eigenvalue weighted by molar-refractivity contribution is 5.77. The largest absolute Gasteiger partial charge is 0.493 e. The number of hydrogen-bond acceptors (Lipinski definition) is 5. The van der Waals surface area contributed by atoms with Gasteiger partial charge >= 0.3 is 5.97 Å². The van der Waals surface area contributed by atoms with Gasteiger partial charge in [-0.3, -0.25) is 9.69 Å². The molecular formula is C27H30N2O4. The topological polar surface area (TPSA) is 75.8 Å². The Bertz CT molecular complexity index is 1150. The summed E-state index contributed by atoms with van der Waals surface area (Å²) in [4.78, 5) is 18.7. The van der Waals surface area contributed by atoms with E-state index in [0.29, 0.717) is 31.2 Å². The van der Waals surface area contributed by atoms with E-state index in [9.17, 15) is 9.90 Å². The number of fused-ring (bicyclic) bond motifs is 1. The van der Waals surface area contributed by atoms with Crippen LogP contribution in [0.3, 0.4) is 0 Å². The number of rotatable bonds is 8. The molecule has 3 aromatic rings. The Hall–Kier alpha value is -3.38. The number of carboxylic acid groups (broad SMARTS) is 1. The van der Waals surface area contributed by atoms with Crippen molar-refractivity contribution in [2.75, 3.05) is 19.7 Å². The van der Waals surface area contributed by atoms with Crippen LogP contribution < -0.4 is 4.74 Å². The van der Waals surface area contributed by atoms with Crippen molar-refractivity contribution in [3.8, 4) is 17.2 Å². The molecular weight excluding hydrogens is 416 g/mol. The number of ether oxygens (including phenoxy) is 1. The maximum Gasteiger partial charge on any atom is 0.325 e. The van der Waals surface area contributed by atoms with Gasteiger partial charge in [-0.25, -0.2) is 4.98 Å². The van der Waals surface area contributed by atoms with Gasteiger partial charge in [0.1, 0.15) is 17.6 Å². The van der Waals surface area contributed by atoms with Gasteiger partial charge in [0.05, 0.1) is 12.3 Å². The van der Waals surface area contributed by atoms with Crippen LogP contribution in [0.2, 0.25) is 0 Å². The minimum absolute atomic E-state index is 0.430. The quantitative estimate of drug-likeness (QED) is 0.478. The van der Waals surface area contributed by atoms with E-state index in [-0.39, 0.29) is 0 Å². The normalized spacial score (nSPS) is 15.7. The number of carboxylic acids is 1. The molecule has 0 fully saturated rings. The van der Waals surface area contributed by atoms with E-state index in [1.165, 1.54) is 5.57 Å². The second-order valence-electron chi connectivity index (χ2n) is 8.61. The van der Waals surface area contributed by atoms with Gasteiger partial charge in [0.15, 0.2) is 0 Å². The minimum Gasteiger partial charge on any atom is -0.493 e. The molecule has 0 spiro atoms. The van der Waals surface area contributed by atoms with E-state index < -0.39 is 12.0 Å². The average molecular weight is 447 g/mol. The highest BCUT2D eigenvalue weighted by Gasteiger charge is 2.32. The molecule has 0 bridgehead atoms. The van der Waals surface area contributed by atoms with Gasteiger partial charge in [-0.15, -0.1) is 0 Å². The fourth-order valence-electron chi connectivity index (χ4n) is 4.15. The van der Waals surface area contributed by atoms with E-state index in [2.05, 4.69) is 11.1 Å². The maximum absolute atomic E-state index is 12.1. The molecule has 0 saturated heterocycles. The number of benzene rings is 2. The molecule has 0 saturated carbocycles. The number of oxazole rings is 1. The summed E-state index contributed by atoms with van der Waals surface area (Å²) >= 11 is 0. The molecule has 1 N–H and O–H groups in total. The van der Waals surface area contributed by atoms with Crippen LogP contribution >= 0.6 is 0 Å². The first kappa shape index (κ1) is 22.8. The Kier molecular flexibility index (Phi) is 6.94. The zero-order valence-electron chi connectivity index (χ0n) is 19.4. The fourth-order valence-corrected chi connectivity index (χ4v) is 4.15. The van der Waals surface area contributed by atoms with Gasteiger partial charge in [0.2, 0.25) is 5.89 Å². The number of carbonyl (C=O) groups is 1. The highest BCUT2D eigenvalue weighted by atomic mass is 16.5. The molecule has 1 atom stereocenters. The van der Waals surface area contributed by atoms with Crippen molar-refractivity contribution in [2.45, 2.75) is 39.7 Å². The average Bonchev–Trinajstić information content (AvgIpc) is 3.18. The van der Waals surface area contributed by atoms with Crippen molar-refractivity contribution in [1.82, 2.24) is 9.88 Å². The lowest BCUT2D eigenvalue weighted by atomic mass is 9.92. The van der Waals surface area contributed by atoms with Crippen molar-refractivity contribution in [2.24, 2.45) is 0 Å². The molecule has 4 rings (SSSR count).